The molecule has 4 heteroatoms. The van der Waals surface area contributed by atoms with E-state index in [9.17, 15) is 0 Å². The molecule has 0 aliphatic heterocycles. The summed E-state index contributed by atoms with van der Waals surface area (Å²) in [4.78, 5) is 0. The van der Waals surface area contributed by atoms with Gasteiger partial charge in [-0.05, 0) is 18.1 Å². The van der Waals surface area contributed by atoms with Gasteiger partial charge in [0, 0.05) is 13.5 Å². The number of benzene rings is 1. The van der Waals surface area contributed by atoms with Crippen LogP contribution >= 0.6 is 11.6 Å². The van der Waals surface area contributed by atoms with Crippen LogP contribution in [-0.2, 0) is 15.9 Å². The maximum Gasteiger partial charge on any atom is 0.128 e. The van der Waals surface area contributed by atoms with Crippen LogP contribution in [0.3, 0.4) is 0 Å². The lowest BCUT2D eigenvalue weighted by atomic mass is 9.90. The lowest BCUT2D eigenvalue weighted by molar-refractivity contribution is -0.0900. The van der Waals surface area contributed by atoms with Gasteiger partial charge in [-0.1, -0.05) is 25.1 Å². The molecule has 19 heavy (non-hydrogen) atoms. The molecule has 0 spiro atoms. The van der Waals surface area contributed by atoms with Gasteiger partial charge in [-0.2, -0.15) is 0 Å². The maximum atomic E-state index is 6.18. The van der Waals surface area contributed by atoms with Crippen molar-refractivity contribution in [3.8, 4) is 5.75 Å². The van der Waals surface area contributed by atoms with Crippen molar-refractivity contribution in [3.63, 3.8) is 0 Å². The van der Waals surface area contributed by atoms with Gasteiger partial charge in [0.1, 0.15) is 18.0 Å². The minimum atomic E-state index is -0.0401. The largest absolute Gasteiger partial charge is 0.487 e. The van der Waals surface area contributed by atoms with E-state index < -0.39 is 0 Å². The zero-order valence-electron chi connectivity index (χ0n) is 11.5. The van der Waals surface area contributed by atoms with E-state index in [4.69, 9.17) is 25.8 Å². The molecule has 1 saturated carbocycles. The van der Waals surface area contributed by atoms with Crippen LogP contribution in [-0.4, -0.2) is 37.9 Å². The Morgan fingerprint density at radius 2 is 2.05 bits per heavy atom. The van der Waals surface area contributed by atoms with Crippen molar-refractivity contribution in [3.05, 3.63) is 29.8 Å². The highest BCUT2D eigenvalue weighted by molar-refractivity contribution is 6.21. The molecular formula is C15H21ClO3. The monoisotopic (exact) mass is 284 g/mol. The van der Waals surface area contributed by atoms with Crippen LogP contribution in [0.1, 0.15) is 18.9 Å². The fourth-order valence-electron chi connectivity index (χ4n) is 2.20. The van der Waals surface area contributed by atoms with Crippen LogP contribution in [0.15, 0.2) is 24.3 Å². The van der Waals surface area contributed by atoms with E-state index in [2.05, 4.69) is 13.0 Å². The Labute approximate surface area is 119 Å². The van der Waals surface area contributed by atoms with E-state index in [1.807, 2.05) is 18.2 Å². The first-order valence-corrected chi connectivity index (χ1v) is 7.19. The number of halogens is 1. The van der Waals surface area contributed by atoms with E-state index in [1.165, 1.54) is 5.56 Å². The number of rotatable bonds is 7. The van der Waals surface area contributed by atoms with Gasteiger partial charge in [-0.15, -0.1) is 11.6 Å². The molecule has 1 aliphatic rings. The smallest absolute Gasteiger partial charge is 0.128 e. The van der Waals surface area contributed by atoms with Gasteiger partial charge in [0.05, 0.1) is 18.6 Å². The summed E-state index contributed by atoms with van der Waals surface area (Å²) in [5.41, 5.74) is 1.22. The summed E-state index contributed by atoms with van der Waals surface area (Å²) < 4.78 is 16.7. The zero-order chi connectivity index (χ0) is 13.7. The van der Waals surface area contributed by atoms with E-state index in [1.54, 1.807) is 7.11 Å². The third-order valence-corrected chi connectivity index (χ3v) is 3.84. The first-order valence-electron chi connectivity index (χ1n) is 6.75. The van der Waals surface area contributed by atoms with Crippen LogP contribution in [0.4, 0.5) is 0 Å². The Morgan fingerprint density at radius 1 is 1.26 bits per heavy atom. The molecule has 0 saturated heterocycles. The third-order valence-electron chi connectivity index (χ3n) is 3.41. The number of alkyl halides is 1. The van der Waals surface area contributed by atoms with Crippen LogP contribution in [0.5, 0.6) is 5.75 Å². The highest BCUT2D eigenvalue weighted by Gasteiger charge is 2.42. The standard InChI is InChI=1S/C15H21ClO3/c1-3-11-6-4-5-7-13(11)19-14-10-12(16)15(14)18-9-8-17-2/h4-7,12,14-15H,3,8-10H2,1-2H3. The molecule has 0 radical (unpaired) electrons. The molecule has 0 amide bonds. The van der Waals surface area contributed by atoms with Gasteiger partial charge >= 0.3 is 0 Å². The van der Waals surface area contributed by atoms with Crippen LogP contribution < -0.4 is 4.74 Å². The number of para-hydroxylation sites is 1. The summed E-state index contributed by atoms with van der Waals surface area (Å²) in [6.45, 7) is 3.26. The minimum Gasteiger partial charge on any atom is -0.487 e. The second-order valence-corrected chi connectivity index (χ2v) is 5.26. The van der Waals surface area contributed by atoms with Crippen LogP contribution in [0.2, 0.25) is 0 Å². The highest BCUT2D eigenvalue weighted by Crippen LogP contribution is 2.34. The quantitative estimate of drug-likeness (QED) is 0.569. The normalized spacial score (nSPS) is 25.9. The summed E-state index contributed by atoms with van der Waals surface area (Å²) in [6.07, 6.45) is 1.80. The van der Waals surface area contributed by atoms with Crippen molar-refractivity contribution in [1.82, 2.24) is 0 Å². The molecule has 1 fully saturated rings. The van der Waals surface area contributed by atoms with Crippen molar-refractivity contribution >= 4 is 11.6 Å². The van der Waals surface area contributed by atoms with Crippen molar-refractivity contribution in [2.75, 3.05) is 20.3 Å². The predicted octanol–water partition coefficient (Wildman–Crippen LogP) is 3.04. The summed E-state index contributed by atoms with van der Waals surface area (Å²) >= 11 is 6.18. The summed E-state index contributed by atoms with van der Waals surface area (Å²) in [7, 11) is 1.66. The Hall–Kier alpha value is -0.770. The minimum absolute atomic E-state index is 0.0376. The molecular weight excluding hydrogens is 264 g/mol. The number of ether oxygens (including phenoxy) is 3. The molecule has 106 valence electrons. The third kappa shape index (κ3) is 3.62. The zero-order valence-corrected chi connectivity index (χ0v) is 12.2. The number of methoxy groups -OCH3 is 1. The van der Waals surface area contributed by atoms with Gasteiger partial charge in [0.15, 0.2) is 0 Å². The second kappa shape index (κ2) is 7.13. The molecule has 1 aromatic carbocycles. The van der Waals surface area contributed by atoms with Crippen molar-refractivity contribution in [2.45, 2.75) is 37.4 Å². The lowest BCUT2D eigenvalue weighted by Crippen LogP contribution is -2.53. The number of hydrogen-bond donors (Lipinski definition) is 0. The van der Waals surface area contributed by atoms with Gasteiger partial charge in [-0.3, -0.25) is 0 Å². The summed E-state index contributed by atoms with van der Waals surface area (Å²) in [6, 6.07) is 8.12. The molecule has 3 atom stereocenters. The molecule has 1 aromatic rings. The van der Waals surface area contributed by atoms with Gasteiger partial charge < -0.3 is 14.2 Å². The van der Waals surface area contributed by atoms with Gasteiger partial charge in [0.2, 0.25) is 0 Å². The van der Waals surface area contributed by atoms with Crippen LogP contribution in [0.25, 0.3) is 0 Å². The summed E-state index contributed by atoms with van der Waals surface area (Å²) in [5, 5.41) is 0.0376. The van der Waals surface area contributed by atoms with Gasteiger partial charge in [-0.25, -0.2) is 0 Å². The second-order valence-electron chi connectivity index (χ2n) is 4.70. The predicted molar refractivity (Wildman–Crippen MR) is 76.1 cm³/mol. The highest BCUT2D eigenvalue weighted by atomic mass is 35.5. The number of aryl methyl sites for hydroxylation is 1. The average Bonchev–Trinajstić information content (AvgIpc) is 2.43. The topological polar surface area (TPSA) is 27.7 Å². The van der Waals surface area contributed by atoms with Crippen molar-refractivity contribution in [2.24, 2.45) is 0 Å². The molecule has 0 aromatic heterocycles. The fourth-order valence-corrected chi connectivity index (χ4v) is 2.61. The van der Waals surface area contributed by atoms with Gasteiger partial charge in [0.25, 0.3) is 0 Å². The molecule has 1 aliphatic carbocycles. The first-order chi connectivity index (χ1) is 9.26. The average molecular weight is 285 g/mol. The molecule has 3 unspecified atom stereocenters. The fraction of sp³-hybridized carbons (Fsp3) is 0.600. The number of hydrogen-bond acceptors (Lipinski definition) is 3. The van der Waals surface area contributed by atoms with E-state index in [0.29, 0.717) is 13.2 Å². The van der Waals surface area contributed by atoms with E-state index >= 15 is 0 Å². The summed E-state index contributed by atoms with van der Waals surface area (Å²) in [5.74, 6) is 0.943. The Bertz CT molecular complexity index is 397. The van der Waals surface area contributed by atoms with Crippen LogP contribution in [0, 0.1) is 0 Å². The molecule has 0 N–H and O–H groups in total. The molecule has 3 nitrogen and oxygen atoms in total. The van der Waals surface area contributed by atoms with E-state index in [0.717, 1.165) is 18.6 Å². The Morgan fingerprint density at radius 3 is 2.74 bits per heavy atom. The SMILES string of the molecule is CCc1ccccc1OC1CC(Cl)C1OCCOC. The first kappa shape index (κ1) is 14.6. The maximum absolute atomic E-state index is 6.18. The van der Waals surface area contributed by atoms with Crippen molar-refractivity contribution < 1.29 is 14.2 Å². The molecule has 2 rings (SSSR count). The Kier molecular flexibility index (Phi) is 5.49. The molecule has 0 heterocycles. The lowest BCUT2D eigenvalue weighted by Gasteiger charge is -2.40. The molecule has 0 bridgehead atoms. The van der Waals surface area contributed by atoms with E-state index in [-0.39, 0.29) is 17.6 Å². The van der Waals surface area contributed by atoms with Crippen molar-refractivity contribution in [1.29, 1.82) is 0 Å². The Balaban J connectivity index is 1.91.